The van der Waals surface area contributed by atoms with E-state index in [4.69, 9.17) is 21.1 Å². The molecule has 0 saturated carbocycles. The van der Waals surface area contributed by atoms with Crippen LogP contribution in [0.1, 0.15) is 12.0 Å². The van der Waals surface area contributed by atoms with Gasteiger partial charge in [-0.2, -0.15) is 5.10 Å². The third-order valence-electron chi connectivity index (χ3n) is 4.07. The van der Waals surface area contributed by atoms with Crippen molar-refractivity contribution >= 4 is 23.2 Å². The number of rotatable bonds is 9. The van der Waals surface area contributed by atoms with Gasteiger partial charge in [-0.05, 0) is 36.2 Å². The average molecular weight is 400 g/mol. The number of benzene rings is 2. The lowest BCUT2D eigenvalue weighted by molar-refractivity contribution is -0.116. The van der Waals surface area contributed by atoms with E-state index in [2.05, 4.69) is 10.4 Å². The van der Waals surface area contributed by atoms with E-state index in [9.17, 15) is 4.79 Å². The summed E-state index contributed by atoms with van der Waals surface area (Å²) in [6, 6.07) is 15.1. The number of para-hydroxylation sites is 2. The number of hydrogen-bond acceptors (Lipinski definition) is 4. The van der Waals surface area contributed by atoms with E-state index >= 15 is 0 Å². The minimum Gasteiger partial charge on any atom is -0.487 e. The number of nitrogens with zero attached hydrogens (tertiary/aromatic N) is 2. The van der Waals surface area contributed by atoms with Crippen LogP contribution >= 0.6 is 11.6 Å². The van der Waals surface area contributed by atoms with Crippen molar-refractivity contribution in [2.45, 2.75) is 12.8 Å². The molecule has 1 aromatic heterocycles. The molecule has 6 nitrogen and oxygen atoms in total. The Morgan fingerprint density at radius 3 is 2.75 bits per heavy atom. The van der Waals surface area contributed by atoms with Crippen LogP contribution < -0.4 is 10.1 Å². The van der Waals surface area contributed by atoms with Crippen LogP contribution in [0.15, 0.2) is 60.9 Å². The molecule has 0 bridgehead atoms. The maximum Gasteiger partial charge on any atom is 0.224 e. The normalized spacial score (nSPS) is 10.6. The van der Waals surface area contributed by atoms with Crippen molar-refractivity contribution in [2.24, 2.45) is 0 Å². The summed E-state index contributed by atoms with van der Waals surface area (Å²) in [5, 5.41) is 7.66. The Labute approximate surface area is 169 Å². The third-order valence-corrected chi connectivity index (χ3v) is 4.37. The molecule has 0 radical (unpaired) electrons. The van der Waals surface area contributed by atoms with E-state index in [1.165, 1.54) is 0 Å². The van der Waals surface area contributed by atoms with Gasteiger partial charge in [-0.15, -0.1) is 0 Å². The molecule has 0 saturated heterocycles. The number of carbonyl (C=O) groups excluding carboxylic acids is 1. The van der Waals surface area contributed by atoms with Crippen molar-refractivity contribution < 1.29 is 14.3 Å². The predicted octanol–water partition coefficient (Wildman–Crippen LogP) is 4.12. The first-order valence-electron chi connectivity index (χ1n) is 8.96. The fourth-order valence-corrected chi connectivity index (χ4v) is 2.89. The Kier molecular flexibility index (Phi) is 7.06. The Morgan fingerprint density at radius 2 is 1.96 bits per heavy atom. The van der Waals surface area contributed by atoms with Crippen LogP contribution in [0.25, 0.3) is 5.69 Å². The van der Waals surface area contributed by atoms with Gasteiger partial charge in [-0.25, -0.2) is 4.68 Å². The summed E-state index contributed by atoms with van der Waals surface area (Å²) in [5.41, 5.74) is 2.52. The van der Waals surface area contributed by atoms with Crippen molar-refractivity contribution in [2.75, 3.05) is 25.6 Å². The molecule has 0 spiro atoms. The van der Waals surface area contributed by atoms with Crippen LogP contribution in [-0.4, -0.2) is 36.0 Å². The highest BCUT2D eigenvalue weighted by Crippen LogP contribution is 2.33. The molecule has 3 rings (SSSR count). The van der Waals surface area contributed by atoms with Crippen LogP contribution in [0.4, 0.5) is 5.69 Å². The van der Waals surface area contributed by atoms with Gasteiger partial charge in [0.05, 0.1) is 29.2 Å². The maximum absolute atomic E-state index is 12.4. The SMILES string of the molecule is COCCOc1c(Cl)cccc1NC(=O)CCc1cnn(-c2ccccc2)c1. The number of nitrogens with one attached hydrogen (secondary N) is 1. The Bertz CT molecular complexity index is 912. The first kappa shape index (κ1) is 19.9. The molecule has 3 aromatic rings. The van der Waals surface area contributed by atoms with E-state index in [0.717, 1.165) is 11.3 Å². The molecular weight excluding hydrogens is 378 g/mol. The van der Waals surface area contributed by atoms with Gasteiger partial charge in [-0.1, -0.05) is 35.9 Å². The molecular formula is C21H22ClN3O3. The van der Waals surface area contributed by atoms with Crippen LogP contribution in [0.5, 0.6) is 5.75 Å². The zero-order valence-electron chi connectivity index (χ0n) is 15.6. The number of aromatic nitrogens is 2. The molecule has 0 aliphatic rings. The zero-order chi connectivity index (χ0) is 19.8. The summed E-state index contributed by atoms with van der Waals surface area (Å²) < 4.78 is 12.4. The lowest BCUT2D eigenvalue weighted by Crippen LogP contribution is -2.14. The summed E-state index contributed by atoms with van der Waals surface area (Å²) in [6.07, 6.45) is 4.61. The van der Waals surface area contributed by atoms with Crippen molar-refractivity contribution in [3.63, 3.8) is 0 Å². The summed E-state index contributed by atoms with van der Waals surface area (Å²) in [7, 11) is 1.60. The molecule has 1 amide bonds. The minimum atomic E-state index is -0.119. The van der Waals surface area contributed by atoms with Crippen molar-refractivity contribution in [3.8, 4) is 11.4 Å². The highest BCUT2D eigenvalue weighted by molar-refractivity contribution is 6.32. The standard InChI is InChI=1S/C21H22ClN3O3/c1-27-12-13-28-21-18(22)8-5-9-19(21)24-20(26)11-10-16-14-23-25(15-16)17-6-3-2-4-7-17/h2-9,14-15H,10-13H2,1H3,(H,24,26). The van der Waals surface area contributed by atoms with Crippen molar-refractivity contribution in [3.05, 3.63) is 71.5 Å². The van der Waals surface area contributed by atoms with Gasteiger partial charge in [-0.3, -0.25) is 4.79 Å². The van der Waals surface area contributed by atoms with Gasteiger partial charge < -0.3 is 14.8 Å². The molecule has 0 fully saturated rings. The lowest BCUT2D eigenvalue weighted by atomic mass is 10.2. The van der Waals surface area contributed by atoms with Crippen LogP contribution in [0.3, 0.4) is 0 Å². The number of carbonyl (C=O) groups is 1. The summed E-state index contributed by atoms with van der Waals surface area (Å²) in [6.45, 7) is 0.784. The predicted molar refractivity (Wildman–Crippen MR) is 109 cm³/mol. The molecule has 0 atom stereocenters. The lowest BCUT2D eigenvalue weighted by Gasteiger charge is -2.13. The van der Waals surface area contributed by atoms with Gasteiger partial charge in [0.25, 0.3) is 0 Å². The van der Waals surface area contributed by atoms with Gasteiger partial charge in [0.2, 0.25) is 5.91 Å². The van der Waals surface area contributed by atoms with E-state index in [1.807, 2.05) is 36.5 Å². The molecule has 7 heteroatoms. The van der Waals surface area contributed by atoms with Crippen LogP contribution in [-0.2, 0) is 16.0 Å². The molecule has 2 aromatic carbocycles. The quantitative estimate of drug-likeness (QED) is 0.549. The van der Waals surface area contributed by atoms with Gasteiger partial charge in [0, 0.05) is 19.7 Å². The summed E-state index contributed by atoms with van der Waals surface area (Å²) >= 11 is 6.20. The number of halogens is 1. The second-order valence-electron chi connectivity index (χ2n) is 6.13. The Morgan fingerprint density at radius 1 is 1.14 bits per heavy atom. The van der Waals surface area contributed by atoms with Crippen molar-refractivity contribution in [1.82, 2.24) is 9.78 Å². The molecule has 146 valence electrons. The monoisotopic (exact) mass is 399 g/mol. The molecule has 0 unspecified atom stereocenters. The fraction of sp³-hybridized carbons (Fsp3) is 0.238. The number of methoxy groups -OCH3 is 1. The number of hydrogen-bond donors (Lipinski definition) is 1. The maximum atomic E-state index is 12.4. The van der Waals surface area contributed by atoms with E-state index in [0.29, 0.717) is 42.5 Å². The largest absolute Gasteiger partial charge is 0.487 e. The second-order valence-corrected chi connectivity index (χ2v) is 6.54. The average Bonchev–Trinajstić information content (AvgIpc) is 3.18. The van der Waals surface area contributed by atoms with Crippen molar-refractivity contribution in [1.29, 1.82) is 0 Å². The topological polar surface area (TPSA) is 65.4 Å². The number of anilines is 1. The van der Waals surface area contributed by atoms with Gasteiger partial charge in [0.15, 0.2) is 5.75 Å². The third kappa shape index (κ3) is 5.34. The van der Waals surface area contributed by atoms with Gasteiger partial charge >= 0.3 is 0 Å². The Hall–Kier alpha value is -2.83. The molecule has 28 heavy (non-hydrogen) atoms. The van der Waals surface area contributed by atoms with Crippen LogP contribution in [0, 0.1) is 0 Å². The van der Waals surface area contributed by atoms with E-state index < -0.39 is 0 Å². The van der Waals surface area contributed by atoms with E-state index in [1.54, 1.807) is 36.2 Å². The second kappa shape index (κ2) is 9.92. The summed E-state index contributed by atoms with van der Waals surface area (Å²) in [4.78, 5) is 12.4. The number of ether oxygens (including phenoxy) is 2. The highest BCUT2D eigenvalue weighted by atomic mass is 35.5. The fourth-order valence-electron chi connectivity index (χ4n) is 2.66. The van der Waals surface area contributed by atoms with Gasteiger partial charge in [0.1, 0.15) is 6.61 Å². The Balaban J connectivity index is 1.58. The number of amides is 1. The zero-order valence-corrected chi connectivity index (χ0v) is 16.4. The highest BCUT2D eigenvalue weighted by Gasteiger charge is 2.12. The van der Waals surface area contributed by atoms with Crippen LogP contribution in [0.2, 0.25) is 5.02 Å². The summed E-state index contributed by atoms with van der Waals surface area (Å²) in [5.74, 6) is 0.331. The van der Waals surface area contributed by atoms with E-state index in [-0.39, 0.29) is 5.91 Å². The number of aryl methyl sites for hydroxylation is 1. The smallest absolute Gasteiger partial charge is 0.224 e. The molecule has 1 N–H and O–H groups in total. The first-order chi connectivity index (χ1) is 13.7. The molecule has 0 aliphatic heterocycles. The molecule has 1 heterocycles. The molecule has 0 aliphatic carbocycles. The minimum absolute atomic E-state index is 0.119. The first-order valence-corrected chi connectivity index (χ1v) is 9.34.